The van der Waals surface area contributed by atoms with E-state index in [1.165, 1.54) is 50.9 Å². The molecule has 0 N–H and O–H groups in total. The fraction of sp³-hybridized carbons (Fsp3) is 0.650. The summed E-state index contributed by atoms with van der Waals surface area (Å²) in [5, 5.41) is 0. The van der Waals surface area contributed by atoms with E-state index in [1.54, 1.807) is 6.92 Å². The minimum atomic E-state index is 0.147. The van der Waals surface area contributed by atoms with Gasteiger partial charge in [0.15, 0.2) is 5.78 Å². The molecule has 23 heavy (non-hydrogen) atoms. The van der Waals surface area contributed by atoms with Gasteiger partial charge >= 0.3 is 0 Å². The van der Waals surface area contributed by atoms with Crippen LogP contribution in [-0.2, 0) is 0 Å². The number of Topliss-reactive ketones (excluding diaryl/α,β-unsaturated/α-hetero) is 1. The van der Waals surface area contributed by atoms with Crippen LogP contribution in [0.15, 0.2) is 24.3 Å². The number of anilines is 1. The van der Waals surface area contributed by atoms with E-state index in [0.29, 0.717) is 0 Å². The van der Waals surface area contributed by atoms with E-state index in [0.717, 1.165) is 30.5 Å². The van der Waals surface area contributed by atoms with Gasteiger partial charge in [-0.1, -0.05) is 0 Å². The average Bonchev–Trinajstić information content (AvgIpc) is 2.58. The predicted octanol–water partition coefficient (Wildman–Crippen LogP) is 3.84. The molecule has 0 radical (unpaired) electrons. The van der Waals surface area contributed by atoms with E-state index in [2.05, 4.69) is 29.0 Å². The summed E-state index contributed by atoms with van der Waals surface area (Å²) in [5.41, 5.74) is 2.08. The maximum atomic E-state index is 11.4. The molecule has 3 heteroatoms. The van der Waals surface area contributed by atoms with Crippen molar-refractivity contribution in [2.24, 2.45) is 11.8 Å². The molecular weight excluding hydrogens is 284 g/mol. The van der Waals surface area contributed by atoms with Crippen LogP contribution < -0.4 is 4.90 Å². The van der Waals surface area contributed by atoms with E-state index in [-0.39, 0.29) is 5.78 Å². The molecule has 2 aliphatic rings. The molecule has 126 valence electrons. The Morgan fingerprint density at radius 2 is 1.48 bits per heavy atom. The van der Waals surface area contributed by atoms with Gasteiger partial charge in [-0.3, -0.25) is 4.79 Å². The Morgan fingerprint density at radius 3 is 2.00 bits per heavy atom. The number of piperidine rings is 2. The van der Waals surface area contributed by atoms with E-state index in [4.69, 9.17) is 0 Å². The van der Waals surface area contributed by atoms with Gasteiger partial charge in [-0.2, -0.15) is 0 Å². The smallest absolute Gasteiger partial charge is 0.159 e. The lowest BCUT2D eigenvalue weighted by Gasteiger charge is -2.37. The Bertz CT molecular complexity index is 509. The highest BCUT2D eigenvalue weighted by atomic mass is 16.1. The first kappa shape index (κ1) is 16.5. The zero-order chi connectivity index (χ0) is 16.2. The van der Waals surface area contributed by atoms with Crippen molar-refractivity contribution in [2.75, 3.05) is 38.1 Å². The molecular formula is C20H30N2O. The molecule has 3 nitrogen and oxygen atoms in total. The third kappa shape index (κ3) is 4.35. The summed E-state index contributed by atoms with van der Waals surface area (Å²) in [6.07, 6.45) is 6.86. The van der Waals surface area contributed by atoms with Crippen molar-refractivity contribution in [2.45, 2.75) is 39.0 Å². The van der Waals surface area contributed by atoms with Crippen LogP contribution in [0.5, 0.6) is 0 Å². The van der Waals surface area contributed by atoms with Gasteiger partial charge < -0.3 is 9.80 Å². The van der Waals surface area contributed by atoms with Gasteiger partial charge in [-0.25, -0.2) is 0 Å². The van der Waals surface area contributed by atoms with E-state index >= 15 is 0 Å². The highest BCUT2D eigenvalue weighted by Crippen LogP contribution is 2.31. The Labute approximate surface area is 140 Å². The quantitative estimate of drug-likeness (QED) is 0.789. The summed E-state index contributed by atoms with van der Waals surface area (Å²) in [6, 6.07) is 8.13. The lowest BCUT2D eigenvalue weighted by atomic mass is 9.83. The molecule has 0 bridgehead atoms. The lowest BCUT2D eigenvalue weighted by Crippen LogP contribution is -2.36. The summed E-state index contributed by atoms with van der Waals surface area (Å²) >= 11 is 0. The minimum absolute atomic E-state index is 0.147. The summed E-state index contributed by atoms with van der Waals surface area (Å²) in [5.74, 6) is 2.02. The summed E-state index contributed by atoms with van der Waals surface area (Å²) < 4.78 is 0. The van der Waals surface area contributed by atoms with Crippen LogP contribution in [0, 0.1) is 11.8 Å². The van der Waals surface area contributed by atoms with Crippen molar-refractivity contribution in [3.63, 3.8) is 0 Å². The van der Waals surface area contributed by atoms with Crippen LogP contribution in [0.4, 0.5) is 5.69 Å². The zero-order valence-corrected chi connectivity index (χ0v) is 14.6. The topological polar surface area (TPSA) is 23.6 Å². The number of nitrogens with zero attached hydrogens (tertiary/aromatic N) is 2. The highest BCUT2D eigenvalue weighted by Gasteiger charge is 2.24. The molecule has 0 unspecified atom stereocenters. The molecule has 1 aromatic rings. The van der Waals surface area contributed by atoms with E-state index in [1.807, 2.05) is 12.1 Å². The molecule has 0 saturated carbocycles. The molecule has 3 rings (SSSR count). The molecule has 0 aliphatic carbocycles. The summed E-state index contributed by atoms with van der Waals surface area (Å²) in [6.45, 7) is 6.52. The largest absolute Gasteiger partial charge is 0.372 e. The molecule has 1 aromatic carbocycles. The van der Waals surface area contributed by atoms with E-state index in [9.17, 15) is 4.79 Å². The van der Waals surface area contributed by atoms with Crippen molar-refractivity contribution in [3.8, 4) is 0 Å². The Kier molecular flexibility index (Phi) is 5.37. The molecule has 0 amide bonds. The Morgan fingerprint density at radius 1 is 0.957 bits per heavy atom. The Hall–Kier alpha value is -1.35. The van der Waals surface area contributed by atoms with Gasteiger partial charge in [0, 0.05) is 24.3 Å². The number of rotatable bonds is 4. The number of hydrogen-bond donors (Lipinski definition) is 0. The average molecular weight is 314 g/mol. The van der Waals surface area contributed by atoms with Gasteiger partial charge in [0.2, 0.25) is 0 Å². The molecule has 0 spiro atoms. The van der Waals surface area contributed by atoms with Gasteiger partial charge in [-0.15, -0.1) is 0 Å². The van der Waals surface area contributed by atoms with Crippen molar-refractivity contribution >= 4 is 11.5 Å². The molecule has 2 fully saturated rings. The fourth-order valence-corrected chi connectivity index (χ4v) is 4.10. The van der Waals surface area contributed by atoms with Crippen LogP contribution in [0.1, 0.15) is 49.4 Å². The third-order valence-corrected chi connectivity index (χ3v) is 5.76. The monoisotopic (exact) mass is 314 g/mol. The minimum Gasteiger partial charge on any atom is -0.372 e. The molecule has 0 aromatic heterocycles. The normalized spacial score (nSPS) is 21.6. The van der Waals surface area contributed by atoms with Gasteiger partial charge in [0.1, 0.15) is 0 Å². The van der Waals surface area contributed by atoms with Crippen molar-refractivity contribution in [1.82, 2.24) is 4.90 Å². The third-order valence-electron chi connectivity index (χ3n) is 5.76. The number of hydrogen-bond acceptors (Lipinski definition) is 3. The maximum Gasteiger partial charge on any atom is 0.159 e. The number of benzene rings is 1. The summed E-state index contributed by atoms with van der Waals surface area (Å²) in [7, 11) is 2.24. The predicted molar refractivity (Wildman–Crippen MR) is 96.2 cm³/mol. The molecule has 2 saturated heterocycles. The SMILES string of the molecule is CC(=O)c1ccc(N2CCC(CC3CCN(C)CC3)CC2)cc1. The molecule has 2 heterocycles. The van der Waals surface area contributed by atoms with Crippen molar-refractivity contribution in [1.29, 1.82) is 0 Å². The number of ketones is 1. The zero-order valence-electron chi connectivity index (χ0n) is 14.6. The number of carbonyl (C=O) groups excluding carboxylic acids is 1. The van der Waals surface area contributed by atoms with Crippen LogP contribution in [0.2, 0.25) is 0 Å². The first-order valence-electron chi connectivity index (χ1n) is 9.16. The van der Waals surface area contributed by atoms with Gasteiger partial charge in [-0.05, 0) is 95.3 Å². The van der Waals surface area contributed by atoms with Gasteiger partial charge in [0.05, 0.1) is 0 Å². The number of likely N-dealkylation sites (tertiary alicyclic amines) is 1. The van der Waals surface area contributed by atoms with Crippen molar-refractivity contribution < 1.29 is 4.79 Å². The van der Waals surface area contributed by atoms with Crippen LogP contribution >= 0.6 is 0 Å². The second kappa shape index (κ2) is 7.48. The number of carbonyl (C=O) groups is 1. The Balaban J connectivity index is 1.47. The standard InChI is InChI=1S/C20H30N2O/c1-16(23)19-3-5-20(6-4-19)22-13-9-18(10-14-22)15-17-7-11-21(2)12-8-17/h3-6,17-18H,7-15H2,1-2H3. The van der Waals surface area contributed by atoms with Crippen LogP contribution in [0.25, 0.3) is 0 Å². The molecule has 2 aliphatic heterocycles. The highest BCUT2D eigenvalue weighted by molar-refractivity contribution is 5.94. The fourth-order valence-electron chi connectivity index (χ4n) is 4.10. The van der Waals surface area contributed by atoms with Crippen LogP contribution in [0.3, 0.4) is 0 Å². The second-order valence-corrected chi connectivity index (χ2v) is 7.52. The molecule has 0 atom stereocenters. The summed E-state index contributed by atoms with van der Waals surface area (Å²) in [4.78, 5) is 16.3. The first-order valence-corrected chi connectivity index (χ1v) is 9.16. The van der Waals surface area contributed by atoms with Crippen LogP contribution in [-0.4, -0.2) is 43.9 Å². The maximum absolute atomic E-state index is 11.4. The first-order chi connectivity index (χ1) is 11.1. The van der Waals surface area contributed by atoms with Crippen molar-refractivity contribution in [3.05, 3.63) is 29.8 Å². The second-order valence-electron chi connectivity index (χ2n) is 7.52. The lowest BCUT2D eigenvalue weighted by molar-refractivity contribution is 0.101. The van der Waals surface area contributed by atoms with E-state index < -0.39 is 0 Å². The van der Waals surface area contributed by atoms with Gasteiger partial charge in [0.25, 0.3) is 0 Å².